The van der Waals surface area contributed by atoms with Crippen molar-refractivity contribution < 1.29 is 13.6 Å². The van der Waals surface area contributed by atoms with Crippen LogP contribution in [0.2, 0.25) is 0 Å². The fraction of sp³-hybridized carbons (Fsp3) is 0.192. The number of hydrogen-bond donors (Lipinski definition) is 0. The number of furan rings is 1. The van der Waals surface area contributed by atoms with Crippen molar-refractivity contribution in [2.75, 3.05) is 0 Å². The SMILES string of the molecule is CC(C)(C)c1ccc(/C=C2\S/C(=N\N=C\c3ccc(F)cc3)N(Cc3ccco3)C2=O)cc1. The van der Waals surface area contributed by atoms with E-state index in [2.05, 4.69) is 43.1 Å². The van der Waals surface area contributed by atoms with Crippen LogP contribution in [-0.2, 0) is 16.8 Å². The summed E-state index contributed by atoms with van der Waals surface area (Å²) in [4.78, 5) is 15.3. The van der Waals surface area contributed by atoms with Gasteiger partial charge < -0.3 is 4.42 Å². The third-order valence-corrected chi connectivity index (χ3v) is 6.07. The Morgan fingerprint density at radius 3 is 2.36 bits per heavy atom. The summed E-state index contributed by atoms with van der Waals surface area (Å²) in [6.07, 6.45) is 4.95. The lowest BCUT2D eigenvalue weighted by atomic mass is 9.87. The van der Waals surface area contributed by atoms with Crippen LogP contribution in [0.4, 0.5) is 4.39 Å². The molecular formula is C26H24FN3O2S. The first-order valence-electron chi connectivity index (χ1n) is 10.5. The molecule has 1 fully saturated rings. The maximum atomic E-state index is 13.2. The smallest absolute Gasteiger partial charge is 0.267 e. The largest absolute Gasteiger partial charge is 0.467 e. The van der Waals surface area contributed by atoms with Crippen LogP contribution in [-0.4, -0.2) is 22.2 Å². The lowest BCUT2D eigenvalue weighted by Gasteiger charge is -2.18. The highest BCUT2D eigenvalue weighted by atomic mass is 32.2. The van der Waals surface area contributed by atoms with Crippen molar-refractivity contribution in [2.24, 2.45) is 10.2 Å². The Morgan fingerprint density at radius 2 is 1.73 bits per heavy atom. The quantitative estimate of drug-likeness (QED) is 0.257. The summed E-state index contributed by atoms with van der Waals surface area (Å²) in [5.41, 5.74) is 2.94. The Morgan fingerprint density at radius 1 is 1.03 bits per heavy atom. The summed E-state index contributed by atoms with van der Waals surface area (Å²) in [5.74, 6) is 0.173. The van der Waals surface area contributed by atoms with Gasteiger partial charge in [0.2, 0.25) is 0 Å². The number of carbonyl (C=O) groups excluding carboxylic acids is 1. The molecule has 1 aliphatic heterocycles. The van der Waals surface area contributed by atoms with Crippen LogP contribution in [0.25, 0.3) is 6.08 Å². The molecule has 1 saturated heterocycles. The van der Waals surface area contributed by atoms with E-state index in [1.54, 1.807) is 29.4 Å². The Labute approximate surface area is 196 Å². The Hall–Kier alpha value is -3.45. The van der Waals surface area contributed by atoms with Gasteiger partial charge in [0.1, 0.15) is 11.6 Å². The van der Waals surface area contributed by atoms with Gasteiger partial charge in [0, 0.05) is 0 Å². The van der Waals surface area contributed by atoms with Crippen LogP contribution in [0.3, 0.4) is 0 Å². The van der Waals surface area contributed by atoms with Crippen LogP contribution < -0.4 is 0 Å². The average Bonchev–Trinajstić information content (AvgIpc) is 3.39. The molecule has 0 radical (unpaired) electrons. The minimum atomic E-state index is -0.314. The van der Waals surface area contributed by atoms with Gasteiger partial charge in [-0.3, -0.25) is 9.69 Å². The minimum absolute atomic E-state index is 0.0613. The van der Waals surface area contributed by atoms with E-state index in [0.29, 0.717) is 21.4 Å². The number of halogens is 1. The first kappa shape index (κ1) is 22.7. The molecule has 2 aromatic carbocycles. The standard InChI is InChI=1S/C26H24FN3O2S/c1-26(2,3)20-10-6-18(7-11-20)15-23-24(31)30(17-22-5-4-14-32-22)25(33-23)29-28-16-19-8-12-21(27)13-9-19/h4-16H,17H2,1-3H3/b23-15-,28-16+,29-25-. The topological polar surface area (TPSA) is 58.2 Å². The molecule has 2 heterocycles. The molecule has 33 heavy (non-hydrogen) atoms. The van der Waals surface area contributed by atoms with Gasteiger partial charge in [0.25, 0.3) is 5.91 Å². The van der Waals surface area contributed by atoms with Crippen LogP contribution in [0.15, 0.2) is 86.5 Å². The fourth-order valence-electron chi connectivity index (χ4n) is 3.20. The minimum Gasteiger partial charge on any atom is -0.467 e. The number of rotatable bonds is 5. The number of carbonyl (C=O) groups is 1. The zero-order valence-electron chi connectivity index (χ0n) is 18.7. The molecule has 0 saturated carbocycles. The number of amidine groups is 1. The van der Waals surface area contributed by atoms with Crippen molar-refractivity contribution in [3.05, 3.63) is 100 Å². The number of hydrogen-bond acceptors (Lipinski definition) is 5. The van der Waals surface area contributed by atoms with E-state index in [9.17, 15) is 9.18 Å². The van der Waals surface area contributed by atoms with Crippen molar-refractivity contribution in [1.29, 1.82) is 0 Å². The molecule has 5 nitrogen and oxygen atoms in total. The molecule has 1 aromatic heterocycles. The second kappa shape index (κ2) is 9.58. The second-order valence-electron chi connectivity index (χ2n) is 8.63. The predicted molar refractivity (Wildman–Crippen MR) is 131 cm³/mol. The van der Waals surface area contributed by atoms with Crippen molar-refractivity contribution in [3.8, 4) is 0 Å². The maximum absolute atomic E-state index is 13.2. The van der Waals surface area contributed by atoms with E-state index in [4.69, 9.17) is 4.42 Å². The van der Waals surface area contributed by atoms with Crippen molar-refractivity contribution in [2.45, 2.75) is 32.7 Å². The highest BCUT2D eigenvalue weighted by Crippen LogP contribution is 2.34. The van der Waals surface area contributed by atoms with Crippen molar-refractivity contribution >= 4 is 35.1 Å². The molecule has 0 unspecified atom stereocenters. The summed E-state index contributed by atoms with van der Waals surface area (Å²) in [7, 11) is 0. The summed E-state index contributed by atoms with van der Waals surface area (Å²) in [6.45, 7) is 6.75. The van der Waals surface area contributed by atoms with Gasteiger partial charge in [0.15, 0.2) is 5.17 Å². The molecule has 0 atom stereocenters. The molecule has 7 heteroatoms. The highest BCUT2D eigenvalue weighted by molar-refractivity contribution is 8.18. The summed E-state index contributed by atoms with van der Waals surface area (Å²) in [5, 5.41) is 8.84. The number of amides is 1. The molecule has 168 valence electrons. The lowest BCUT2D eigenvalue weighted by Crippen LogP contribution is -2.28. The molecule has 4 rings (SSSR count). The molecular weight excluding hydrogens is 437 g/mol. The van der Waals surface area contributed by atoms with E-state index < -0.39 is 0 Å². The van der Waals surface area contributed by atoms with Crippen LogP contribution in [0.5, 0.6) is 0 Å². The van der Waals surface area contributed by atoms with Crippen LogP contribution in [0, 0.1) is 5.82 Å². The average molecular weight is 462 g/mol. The Kier molecular flexibility index (Phi) is 6.60. The van der Waals surface area contributed by atoms with Gasteiger partial charge in [0.05, 0.1) is 23.9 Å². The van der Waals surface area contributed by atoms with E-state index in [-0.39, 0.29) is 23.7 Å². The van der Waals surface area contributed by atoms with E-state index in [0.717, 1.165) is 5.56 Å². The third-order valence-electron chi connectivity index (χ3n) is 5.08. The molecule has 1 amide bonds. The first-order valence-corrected chi connectivity index (χ1v) is 11.3. The lowest BCUT2D eigenvalue weighted by molar-refractivity contribution is -0.122. The van der Waals surface area contributed by atoms with E-state index >= 15 is 0 Å². The normalized spacial score (nSPS) is 17.1. The molecule has 0 spiro atoms. The summed E-state index contributed by atoms with van der Waals surface area (Å²) < 4.78 is 18.5. The van der Waals surface area contributed by atoms with E-state index in [1.165, 1.54) is 35.7 Å². The van der Waals surface area contributed by atoms with Crippen molar-refractivity contribution in [3.63, 3.8) is 0 Å². The number of thioether (sulfide) groups is 1. The van der Waals surface area contributed by atoms with E-state index in [1.807, 2.05) is 24.3 Å². The molecule has 0 N–H and O–H groups in total. The summed E-state index contributed by atoms with van der Waals surface area (Å²) >= 11 is 1.26. The first-order chi connectivity index (χ1) is 15.8. The molecule has 0 bridgehead atoms. The summed E-state index contributed by atoms with van der Waals surface area (Å²) in [6, 6.07) is 17.7. The number of nitrogens with zero attached hydrogens (tertiary/aromatic N) is 3. The van der Waals surface area contributed by atoms with Gasteiger partial charge >= 0.3 is 0 Å². The van der Waals surface area contributed by atoms with Crippen LogP contribution in [0.1, 0.15) is 43.2 Å². The third kappa shape index (κ3) is 5.68. The monoisotopic (exact) mass is 461 g/mol. The van der Waals surface area contributed by atoms with Gasteiger partial charge in [-0.05, 0) is 64.2 Å². The Bertz CT molecular complexity index is 1210. The fourth-order valence-corrected chi connectivity index (χ4v) is 4.14. The second-order valence-corrected chi connectivity index (χ2v) is 9.64. The van der Waals surface area contributed by atoms with Gasteiger partial charge in [-0.25, -0.2) is 4.39 Å². The van der Waals surface area contributed by atoms with Gasteiger partial charge in [-0.2, -0.15) is 5.10 Å². The zero-order chi connectivity index (χ0) is 23.4. The van der Waals surface area contributed by atoms with Crippen molar-refractivity contribution in [1.82, 2.24) is 4.90 Å². The predicted octanol–water partition coefficient (Wildman–Crippen LogP) is 6.22. The van der Waals surface area contributed by atoms with Gasteiger partial charge in [-0.15, -0.1) is 5.10 Å². The molecule has 3 aromatic rings. The maximum Gasteiger partial charge on any atom is 0.267 e. The highest BCUT2D eigenvalue weighted by Gasteiger charge is 2.34. The zero-order valence-corrected chi connectivity index (χ0v) is 19.5. The molecule has 0 aliphatic carbocycles. The van der Waals surface area contributed by atoms with Crippen LogP contribution >= 0.6 is 11.8 Å². The number of benzene rings is 2. The Balaban J connectivity index is 1.59. The molecule has 1 aliphatic rings. The van der Waals surface area contributed by atoms with Gasteiger partial charge in [-0.1, -0.05) is 57.2 Å².